The molecule has 0 bridgehead atoms. The fraction of sp³-hybridized carbons (Fsp3) is 0.636. The van der Waals surface area contributed by atoms with Crippen LogP contribution in [-0.4, -0.2) is 54.4 Å². The molecule has 17 heteroatoms. The molecule has 0 fully saturated rings. The van der Waals surface area contributed by atoms with Gasteiger partial charge in [0.05, 0.1) is 19.3 Å². The van der Waals surface area contributed by atoms with Crippen LogP contribution in [0, 0.1) is 17.8 Å². The molecule has 0 saturated carbocycles. The van der Waals surface area contributed by atoms with Gasteiger partial charge in [-0.3, -0.25) is 0 Å². The lowest BCUT2D eigenvalue weighted by molar-refractivity contribution is -0.452. The molecule has 1 aromatic carbocycles. The molecule has 2 nitrogen and oxygen atoms in total. The number of hydrogen-bond acceptors (Lipinski definition) is 2. The maximum Gasteiger partial charge on any atom is 0.460 e. The monoisotopic (exact) mass is 752 g/mol. The second-order valence-electron chi connectivity index (χ2n) is 12.1. The fourth-order valence-electron chi connectivity index (χ4n) is 4.07. The van der Waals surface area contributed by atoms with E-state index in [1.54, 1.807) is 0 Å². The minimum Gasteiger partial charge on any atom is -0.494 e. The van der Waals surface area contributed by atoms with Gasteiger partial charge in [-0.05, 0) is 61.6 Å². The summed E-state index contributed by atoms with van der Waals surface area (Å²) in [4.78, 5) is 0. The van der Waals surface area contributed by atoms with E-state index in [0.717, 1.165) is 12.8 Å². The highest BCUT2D eigenvalue weighted by molar-refractivity contribution is 5.27. The van der Waals surface area contributed by atoms with E-state index in [0.29, 0.717) is 17.4 Å². The predicted molar refractivity (Wildman–Crippen MR) is 156 cm³/mol. The number of allylic oxidation sites excluding steroid dienone is 4. The van der Waals surface area contributed by atoms with Crippen molar-refractivity contribution < 1.29 is 75.3 Å². The normalized spacial score (nSPS) is 16.9. The van der Waals surface area contributed by atoms with Crippen molar-refractivity contribution in [3.05, 3.63) is 66.8 Å². The van der Waals surface area contributed by atoms with E-state index in [-0.39, 0.29) is 24.4 Å². The summed E-state index contributed by atoms with van der Waals surface area (Å²) in [5, 5.41) is 0. The third-order valence-corrected chi connectivity index (χ3v) is 7.80. The maximum atomic E-state index is 14.0. The van der Waals surface area contributed by atoms with Crippen molar-refractivity contribution in [1.29, 1.82) is 0 Å². The fourth-order valence-corrected chi connectivity index (χ4v) is 4.07. The first-order chi connectivity index (χ1) is 22.6. The summed E-state index contributed by atoms with van der Waals surface area (Å²) in [6.45, 7) is 10.9. The molecule has 0 aromatic heterocycles. The Balaban J connectivity index is 2.71. The third kappa shape index (κ3) is 10.4. The van der Waals surface area contributed by atoms with Gasteiger partial charge < -0.3 is 9.47 Å². The summed E-state index contributed by atoms with van der Waals surface area (Å²) in [6, 6.07) is 5.54. The zero-order valence-electron chi connectivity index (χ0n) is 27.4. The molecule has 50 heavy (non-hydrogen) atoms. The Hall–Kier alpha value is -2.85. The molecule has 0 saturated heterocycles. The van der Waals surface area contributed by atoms with E-state index in [1.807, 2.05) is 26.0 Å². The van der Waals surface area contributed by atoms with Crippen LogP contribution in [0.25, 0.3) is 0 Å². The van der Waals surface area contributed by atoms with Crippen LogP contribution in [0.15, 0.2) is 61.2 Å². The van der Waals surface area contributed by atoms with E-state index in [2.05, 4.69) is 38.7 Å². The molecule has 0 aliphatic rings. The molecule has 288 valence electrons. The van der Waals surface area contributed by atoms with Crippen molar-refractivity contribution in [2.45, 2.75) is 108 Å². The van der Waals surface area contributed by atoms with Crippen molar-refractivity contribution in [2.24, 2.45) is 17.8 Å². The second-order valence-corrected chi connectivity index (χ2v) is 12.1. The first-order valence-electron chi connectivity index (χ1n) is 15.2. The first-order valence-corrected chi connectivity index (χ1v) is 15.2. The van der Waals surface area contributed by atoms with Crippen molar-refractivity contribution in [3.8, 4) is 5.75 Å². The number of benzene rings is 1. The Bertz CT molecular complexity index is 1250. The van der Waals surface area contributed by atoms with Crippen LogP contribution < -0.4 is 4.74 Å². The number of halogens is 15. The minimum absolute atomic E-state index is 0.0450. The molecular weight excluding hydrogens is 713 g/mol. The van der Waals surface area contributed by atoms with E-state index in [9.17, 15) is 65.9 Å². The van der Waals surface area contributed by atoms with Crippen LogP contribution >= 0.6 is 0 Å². The third-order valence-electron chi connectivity index (χ3n) is 7.80. The second kappa shape index (κ2) is 17.1. The van der Waals surface area contributed by atoms with Gasteiger partial charge in [0.25, 0.3) is 0 Å². The van der Waals surface area contributed by atoms with E-state index in [4.69, 9.17) is 9.47 Å². The Morgan fingerprint density at radius 2 is 1.12 bits per heavy atom. The van der Waals surface area contributed by atoms with E-state index in [1.165, 1.54) is 24.3 Å². The van der Waals surface area contributed by atoms with Crippen molar-refractivity contribution in [2.75, 3.05) is 6.61 Å². The molecule has 0 aliphatic heterocycles. The van der Waals surface area contributed by atoms with Gasteiger partial charge in [-0.25, -0.2) is 0 Å². The van der Waals surface area contributed by atoms with Gasteiger partial charge in [-0.2, -0.15) is 65.9 Å². The highest BCUT2D eigenvalue weighted by atomic mass is 19.4. The summed E-state index contributed by atoms with van der Waals surface area (Å²) in [6.07, 6.45) is 0.371. The van der Waals surface area contributed by atoms with Crippen LogP contribution in [0.1, 0.15) is 58.9 Å². The highest BCUT2D eigenvalue weighted by Crippen LogP contribution is 2.62. The van der Waals surface area contributed by atoms with Crippen LogP contribution in [0.3, 0.4) is 0 Å². The van der Waals surface area contributed by atoms with Gasteiger partial charge in [-0.15, -0.1) is 6.58 Å². The lowest BCUT2D eigenvalue weighted by Gasteiger charge is -2.41. The van der Waals surface area contributed by atoms with Crippen LogP contribution in [0.2, 0.25) is 0 Å². The molecule has 1 aromatic rings. The number of ether oxygens (including phenoxy) is 2. The average Bonchev–Trinajstić information content (AvgIpc) is 3.01. The lowest BCUT2D eigenvalue weighted by atomic mass is 9.90. The largest absolute Gasteiger partial charge is 0.494 e. The van der Waals surface area contributed by atoms with Crippen LogP contribution in [0.4, 0.5) is 65.9 Å². The molecule has 0 spiro atoms. The molecule has 1 rings (SSSR count). The van der Waals surface area contributed by atoms with E-state index < -0.39 is 61.2 Å². The molecule has 0 amide bonds. The molecule has 0 radical (unpaired) electrons. The summed E-state index contributed by atoms with van der Waals surface area (Å²) in [5.74, 6) is -45.7. The Morgan fingerprint density at radius 3 is 1.64 bits per heavy atom. The Morgan fingerprint density at radius 1 is 0.640 bits per heavy atom. The number of rotatable bonds is 21. The topological polar surface area (TPSA) is 18.5 Å². The first kappa shape index (κ1) is 45.2. The van der Waals surface area contributed by atoms with Crippen molar-refractivity contribution in [1.82, 2.24) is 0 Å². The summed E-state index contributed by atoms with van der Waals surface area (Å²) < 4.78 is 211. The quantitative estimate of drug-likeness (QED) is 0.0707. The van der Waals surface area contributed by atoms with Crippen LogP contribution in [0.5, 0.6) is 5.75 Å². The zero-order valence-corrected chi connectivity index (χ0v) is 27.4. The smallest absolute Gasteiger partial charge is 0.460 e. The summed E-state index contributed by atoms with van der Waals surface area (Å²) in [5.41, 5.74) is 0.620. The number of alkyl halides is 15. The summed E-state index contributed by atoms with van der Waals surface area (Å²) >= 11 is 0. The van der Waals surface area contributed by atoms with Crippen molar-refractivity contribution in [3.63, 3.8) is 0 Å². The molecule has 0 N–H and O–H groups in total. The SMILES string of the molecule is C=C[C@H](C)C/C=C/[C@@H](C)C/C=C/[C@@H](C)[C@H](C)OCc1ccc(OCCCC(F)(F)C(F)(F)C(F)(F)C(F)(F)C(F)(F)C(F)(F)C(F)(F)F)cc1. The van der Waals surface area contributed by atoms with Crippen LogP contribution in [-0.2, 0) is 11.3 Å². The van der Waals surface area contributed by atoms with Gasteiger partial charge >= 0.3 is 41.7 Å². The molecule has 0 aliphatic carbocycles. The highest BCUT2D eigenvalue weighted by Gasteiger charge is 2.93. The van der Waals surface area contributed by atoms with Gasteiger partial charge in [0.1, 0.15) is 5.75 Å². The lowest BCUT2D eigenvalue weighted by Crippen LogP contribution is -2.72. The molecular formula is C33H39F15O2. The Labute approximate surface area is 280 Å². The molecule has 0 heterocycles. The zero-order chi connectivity index (χ0) is 39.0. The molecule has 0 unspecified atom stereocenters. The van der Waals surface area contributed by atoms with Gasteiger partial charge in [-0.1, -0.05) is 63.3 Å². The summed E-state index contributed by atoms with van der Waals surface area (Å²) in [7, 11) is 0. The number of hydrogen-bond donors (Lipinski definition) is 0. The molecule has 4 atom stereocenters. The minimum atomic E-state index is -8.29. The average molecular weight is 753 g/mol. The standard InChI is InChI=1S/C33H39F15O2/c1-6-21(2)10-7-11-22(3)12-8-13-23(4)24(5)50-20-25-14-16-26(17-15-25)49-19-9-18-27(34,35)28(36,37)29(38,39)30(40,41)31(42,43)32(44,45)33(46,47)48/h6-8,11,13-17,21-24H,1,9-10,12,18-20H2,2-5H3/b11-7+,13-8+/t21-,22+,23+,24-/m0/s1. The van der Waals surface area contributed by atoms with Crippen molar-refractivity contribution >= 4 is 0 Å². The predicted octanol–water partition coefficient (Wildman–Crippen LogP) is 12.1. The van der Waals surface area contributed by atoms with Gasteiger partial charge in [0, 0.05) is 6.42 Å². The van der Waals surface area contributed by atoms with Gasteiger partial charge in [0.15, 0.2) is 0 Å². The maximum absolute atomic E-state index is 14.0. The van der Waals surface area contributed by atoms with E-state index >= 15 is 0 Å². The Kier molecular flexibility index (Phi) is 15.5. The van der Waals surface area contributed by atoms with Gasteiger partial charge in [0.2, 0.25) is 0 Å².